The molecule has 2 fully saturated rings. The van der Waals surface area contributed by atoms with Gasteiger partial charge in [0.05, 0.1) is 11.8 Å². The van der Waals surface area contributed by atoms with Crippen molar-refractivity contribution in [2.45, 2.75) is 104 Å². The van der Waals surface area contributed by atoms with Crippen molar-refractivity contribution in [3.63, 3.8) is 0 Å². The normalized spacial score (nSPS) is 23.5. The monoisotopic (exact) mass is 550 g/mol. The number of nitrogens with zero attached hydrogens (tertiary/aromatic N) is 5. The molecule has 1 aliphatic carbocycles. The van der Waals surface area contributed by atoms with Crippen LogP contribution in [0.3, 0.4) is 0 Å². The first-order valence-electron chi connectivity index (χ1n) is 14.8. The van der Waals surface area contributed by atoms with E-state index in [4.69, 9.17) is 0 Å². The van der Waals surface area contributed by atoms with E-state index < -0.39 is 23.6 Å². The number of amides is 2. The molecule has 3 heterocycles. The molecule has 2 aromatic rings. The fraction of sp³-hybridized carbons (Fsp3) is 0.677. The highest BCUT2D eigenvalue weighted by Gasteiger charge is 2.46. The Hall–Kier alpha value is -2.78. The van der Waals surface area contributed by atoms with Gasteiger partial charge in [-0.05, 0) is 41.2 Å². The highest BCUT2D eigenvalue weighted by Crippen LogP contribution is 2.40. The maximum Gasteiger partial charge on any atom is 0.248 e. The number of hydrogen-bond acceptors (Lipinski definition) is 6. The van der Waals surface area contributed by atoms with Crippen LogP contribution in [-0.2, 0) is 22.6 Å². The van der Waals surface area contributed by atoms with Crippen LogP contribution < -0.4 is 5.32 Å². The average molecular weight is 551 g/mol. The van der Waals surface area contributed by atoms with Crippen LogP contribution in [0, 0.1) is 10.8 Å². The minimum atomic E-state index is -0.746. The van der Waals surface area contributed by atoms with Crippen molar-refractivity contribution in [3.8, 4) is 0 Å². The summed E-state index contributed by atoms with van der Waals surface area (Å²) in [4.78, 5) is 31.9. The van der Waals surface area contributed by atoms with E-state index in [1.807, 2.05) is 27.0 Å². The predicted molar refractivity (Wildman–Crippen MR) is 153 cm³/mol. The topological polar surface area (TPSA) is 104 Å². The molecule has 0 bridgehead atoms. The summed E-state index contributed by atoms with van der Waals surface area (Å²) in [5.41, 5.74) is 3.01. The number of nitrogens with one attached hydrogen (secondary N) is 1. The zero-order chi connectivity index (χ0) is 28.8. The molecule has 1 saturated heterocycles. The van der Waals surface area contributed by atoms with Gasteiger partial charge in [0, 0.05) is 50.8 Å². The second-order valence-corrected chi connectivity index (χ2v) is 14.2. The fourth-order valence-corrected chi connectivity index (χ4v) is 6.10. The first-order chi connectivity index (χ1) is 18.8. The van der Waals surface area contributed by atoms with Crippen LogP contribution in [0.1, 0.15) is 89.6 Å². The maximum atomic E-state index is 14.1. The minimum absolute atomic E-state index is 0.116. The molecule has 3 aliphatic rings. The van der Waals surface area contributed by atoms with Gasteiger partial charge in [0.2, 0.25) is 11.8 Å². The lowest BCUT2D eigenvalue weighted by Gasteiger charge is -2.39. The third-order valence-electron chi connectivity index (χ3n) is 8.72. The largest absolute Gasteiger partial charge is 0.391 e. The number of aliphatic hydroxyl groups excluding tert-OH is 1. The third kappa shape index (κ3) is 6.25. The summed E-state index contributed by atoms with van der Waals surface area (Å²) in [5.74, 6) is 0.0304. The Balaban J connectivity index is 1.32. The molecule has 0 spiro atoms. The Morgan fingerprint density at radius 2 is 1.77 bits per heavy atom. The molecule has 0 radical (unpaired) electrons. The van der Waals surface area contributed by atoms with Gasteiger partial charge in [0.25, 0.3) is 0 Å². The van der Waals surface area contributed by atoms with Gasteiger partial charge in [-0.3, -0.25) is 14.5 Å². The molecule has 5 rings (SSSR count). The van der Waals surface area contributed by atoms with E-state index in [0.717, 1.165) is 44.6 Å². The van der Waals surface area contributed by atoms with E-state index in [2.05, 4.69) is 65.6 Å². The molecular weight excluding hydrogens is 504 g/mol. The first kappa shape index (κ1) is 28.7. The summed E-state index contributed by atoms with van der Waals surface area (Å²) in [6, 6.07) is 7.09. The van der Waals surface area contributed by atoms with Crippen LogP contribution in [0.5, 0.6) is 0 Å². The predicted octanol–water partition coefficient (Wildman–Crippen LogP) is 3.29. The van der Waals surface area contributed by atoms with Crippen molar-refractivity contribution in [2.24, 2.45) is 10.8 Å². The fourth-order valence-electron chi connectivity index (χ4n) is 6.10. The SMILES string of the molecule is CC(C)(C)C(CN1CCc2ccccc2C1)NC(=O)[C@H]1C[C@H](O)CN1C(=O)[C@H](n1cc(C2CC2)nn1)C(C)(C)C. The molecule has 2 amide bonds. The van der Waals surface area contributed by atoms with Crippen molar-refractivity contribution in [3.05, 3.63) is 47.3 Å². The van der Waals surface area contributed by atoms with Crippen LogP contribution in [-0.4, -0.2) is 79.5 Å². The van der Waals surface area contributed by atoms with Crippen LogP contribution in [0.4, 0.5) is 0 Å². The van der Waals surface area contributed by atoms with Crippen LogP contribution in [0.2, 0.25) is 0 Å². The molecule has 9 heteroatoms. The molecule has 1 unspecified atom stereocenters. The molecule has 2 aliphatic heterocycles. The second kappa shape index (κ2) is 10.9. The van der Waals surface area contributed by atoms with Crippen LogP contribution in [0.25, 0.3) is 0 Å². The number of benzene rings is 1. The zero-order valence-electron chi connectivity index (χ0n) is 24.9. The first-order valence-corrected chi connectivity index (χ1v) is 14.8. The van der Waals surface area contributed by atoms with Gasteiger partial charge >= 0.3 is 0 Å². The number of aliphatic hydroxyl groups is 1. The zero-order valence-corrected chi connectivity index (χ0v) is 24.9. The smallest absolute Gasteiger partial charge is 0.248 e. The van der Waals surface area contributed by atoms with Crippen molar-refractivity contribution in [1.82, 2.24) is 30.1 Å². The summed E-state index contributed by atoms with van der Waals surface area (Å²) < 4.78 is 1.67. The van der Waals surface area contributed by atoms with Gasteiger partial charge in [-0.1, -0.05) is 71.0 Å². The summed E-state index contributed by atoms with van der Waals surface area (Å²) in [6.45, 7) is 15.1. The van der Waals surface area contributed by atoms with E-state index in [9.17, 15) is 14.7 Å². The Labute approximate surface area is 238 Å². The Kier molecular flexibility index (Phi) is 7.83. The number of aromatic nitrogens is 3. The lowest BCUT2D eigenvalue weighted by Crippen LogP contribution is -2.56. The Morgan fingerprint density at radius 3 is 2.42 bits per heavy atom. The molecule has 1 aromatic carbocycles. The van der Waals surface area contributed by atoms with Crippen molar-refractivity contribution >= 4 is 11.8 Å². The number of carbonyl (C=O) groups is 2. The molecule has 40 heavy (non-hydrogen) atoms. The molecule has 9 nitrogen and oxygen atoms in total. The number of likely N-dealkylation sites (tertiary alicyclic amines) is 1. The summed E-state index contributed by atoms with van der Waals surface area (Å²) >= 11 is 0. The van der Waals surface area contributed by atoms with E-state index in [1.165, 1.54) is 11.1 Å². The highest BCUT2D eigenvalue weighted by molar-refractivity contribution is 5.90. The molecule has 2 N–H and O–H groups in total. The van der Waals surface area contributed by atoms with Gasteiger partial charge in [-0.2, -0.15) is 0 Å². The number of β-amino-alcohol motifs (C(OH)–C–C–N with tert-alkyl or cyclic N) is 1. The van der Waals surface area contributed by atoms with Gasteiger partial charge in [-0.15, -0.1) is 5.10 Å². The second-order valence-electron chi connectivity index (χ2n) is 14.2. The quantitative estimate of drug-likeness (QED) is 0.548. The van der Waals surface area contributed by atoms with Gasteiger partial charge in [-0.25, -0.2) is 4.68 Å². The van der Waals surface area contributed by atoms with E-state index in [-0.39, 0.29) is 36.2 Å². The molecule has 218 valence electrons. The lowest BCUT2D eigenvalue weighted by molar-refractivity contribution is -0.144. The van der Waals surface area contributed by atoms with Crippen molar-refractivity contribution in [1.29, 1.82) is 0 Å². The third-order valence-corrected chi connectivity index (χ3v) is 8.72. The highest BCUT2D eigenvalue weighted by atomic mass is 16.3. The lowest BCUT2D eigenvalue weighted by atomic mass is 9.85. The van der Waals surface area contributed by atoms with Crippen molar-refractivity contribution in [2.75, 3.05) is 19.6 Å². The van der Waals surface area contributed by atoms with E-state index in [1.54, 1.807) is 9.58 Å². The van der Waals surface area contributed by atoms with E-state index >= 15 is 0 Å². The van der Waals surface area contributed by atoms with Gasteiger partial charge in [0.1, 0.15) is 12.1 Å². The van der Waals surface area contributed by atoms with Crippen molar-refractivity contribution < 1.29 is 14.7 Å². The number of hydrogen-bond donors (Lipinski definition) is 2. The summed E-state index contributed by atoms with van der Waals surface area (Å²) in [6.07, 6.45) is 4.58. The maximum absolute atomic E-state index is 14.1. The number of carbonyl (C=O) groups excluding carboxylic acids is 2. The summed E-state index contributed by atoms with van der Waals surface area (Å²) in [7, 11) is 0. The standard InChI is InChI=1S/C31H46N6O3/c1-30(2,3)26(19-35-14-13-20-9-7-8-10-22(20)16-35)32-28(39)25-15-23(38)17-36(25)29(40)27(31(4,5)6)37-18-24(33-34-37)21-11-12-21/h7-10,18,21,23,25-27,38H,11-17,19H2,1-6H3,(H,32,39)/t23-,25+,26?,27-/m0/s1. The van der Waals surface area contributed by atoms with Gasteiger partial charge < -0.3 is 15.3 Å². The Morgan fingerprint density at radius 1 is 1.07 bits per heavy atom. The molecular formula is C31H46N6O3. The number of rotatable bonds is 7. The Bertz CT molecular complexity index is 1220. The minimum Gasteiger partial charge on any atom is -0.391 e. The molecule has 1 saturated carbocycles. The van der Waals surface area contributed by atoms with Crippen LogP contribution in [0.15, 0.2) is 30.5 Å². The summed E-state index contributed by atoms with van der Waals surface area (Å²) in [5, 5.41) is 22.6. The molecule has 1 aromatic heterocycles. The van der Waals surface area contributed by atoms with E-state index in [0.29, 0.717) is 5.92 Å². The van der Waals surface area contributed by atoms with Crippen LogP contribution >= 0.6 is 0 Å². The molecule has 4 atom stereocenters. The van der Waals surface area contributed by atoms with Gasteiger partial charge in [0.15, 0.2) is 0 Å². The average Bonchev–Trinajstić information content (AvgIpc) is 3.48. The number of fused-ring (bicyclic) bond motifs is 1.